The van der Waals surface area contributed by atoms with Gasteiger partial charge in [-0.3, -0.25) is 0 Å². The lowest BCUT2D eigenvalue weighted by molar-refractivity contribution is -0.0918. The van der Waals surface area contributed by atoms with Crippen molar-refractivity contribution >= 4 is 6.09 Å². The van der Waals surface area contributed by atoms with Gasteiger partial charge in [-0.05, 0) is 6.07 Å². The van der Waals surface area contributed by atoms with Crippen LogP contribution in [0.2, 0.25) is 0 Å². The normalized spacial score (nSPS) is 18.4. The number of hydrogen-bond donors (Lipinski definition) is 2. The number of rotatable bonds is 1. The van der Waals surface area contributed by atoms with E-state index in [0.717, 1.165) is 4.90 Å². The maximum Gasteiger partial charge on any atom is 0.407 e. The number of benzene rings is 1. The van der Waals surface area contributed by atoms with Crippen molar-refractivity contribution in [3.05, 3.63) is 35.6 Å². The summed E-state index contributed by atoms with van der Waals surface area (Å²) in [7, 11) is 0. The van der Waals surface area contributed by atoms with E-state index in [9.17, 15) is 14.3 Å². The van der Waals surface area contributed by atoms with Gasteiger partial charge in [-0.25, -0.2) is 9.18 Å². The summed E-state index contributed by atoms with van der Waals surface area (Å²) in [4.78, 5) is 11.5. The molecule has 0 spiro atoms. The first-order valence-corrected chi connectivity index (χ1v) is 4.48. The highest BCUT2D eigenvalue weighted by Crippen LogP contribution is 2.33. The number of halogens is 1. The Labute approximate surface area is 85.6 Å². The third kappa shape index (κ3) is 1.55. The molecule has 1 aliphatic rings. The number of carbonyl (C=O) groups is 1. The molecule has 0 radical (unpaired) electrons. The molecule has 80 valence electrons. The first-order chi connectivity index (χ1) is 7.03. The van der Waals surface area contributed by atoms with Gasteiger partial charge in [0.2, 0.25) is 0 Å². The Morgan fingerprint density at radius 2 is 2.00 bits per heavy atom. The van der Waals surface area contributed by atoms with E-state index in [1.54, 1.807) is 6.07 Å². The van der Waals surface area contributed by atoms with Gasteiger partial charge in [0.15, 0.2) is 0 Å². The predicted octanol–water partition coefficient (Wildman–Crippen LogP) is 1.01. The van der Waals surface area contributed by atoms with Crippen LogP contribution in [-0.4, -0.2) is 34.3 Å². The fraction of sp³-hybridized carbons (Fsp3) is 0.300. The van der Waals surface area contributed by atoms with E-state index < -0.39 is 17.5 Å². The molecule has 5 heteroatoms. The van der Waals surface area contributed by atoms with Gasteiger partial charge in [-0.15, -0.1) is 0 Å². The Hall–Kier alpha value is -1.62. The summed E-state index contributed by atoms with van der Waals surface area (Å²) in [5.74, 6) is -0.509. The van der Waals surface area contributed by atoms with Crippen LogP contribution in [0.15, 0.2) is 24.3 Å². The molecule has 15 heavy (non-hydrogen) atoms. The molecule has 1 heterocycles. The van der Waals surface area contributed by atoms with Crippen LogP contribution in [-0.2, 0) is 5.60 Å². The zero-order valence-electron chi connectivity index (χ0n) is 7.85. The molecule has 1 saturated heterocycles. The van der Waals surface area contributed by atoms with Crippen molar-refractivity contribution in [3.8, 4) is 0 Å². The van der Waals surface area contributed by atoms with Crippen molar-refractivity contribution < 1.29 is 19.4 Å². The van der Waals surface area contributed by atoms with E-state index in [-0.39, 0.29) is 18.7 Å². The lowest BCUT2D eigenvalue weighted by Crippen LogP contribution is -2.61. The number of hydrogen-bond acceptors (Lipinski definition) is 2. The molecule has 0 atom stereocenters. The van der Waals surface area contributed by atoms with Gasteiger partial charge < -0.3 is 15.1 Å². The molecule has 4 nitrogen and oxygen atoms in total. The van der Waals surface area contributed by atoms with Crippen molar-refractivity contribution in [2.24, 2.45) is 0 Å². The zero-order valence-corrected chi connectivity index (χ0v) is 7.85. The average Bonchev–Trinajstić information content (AvgIpc) is 2.13. The third-order valence-corrected chi connectivity index (χ3v) is 2.55. The Kier molecular flexibility index (Phi) is 2.12. The highest BCUT2D eigenvalue weighted by atomic mass is 19.1. The van der Waals surface area contributed by atoms with Crippen LogP contribution in [0.1, 0.15) is 5.56 Å². The third-order valence-electron chi connectivity index (χ3n) is 2.55. The summed E-state index contributed by atoms with van der Waals surface area (Å²) < 4.78 is 13.3. The second-order valence-electron chi connectivity index (χ2n) is 3.65. The molecule has 1 amide bonds. The van der Waals surface area contributed by atoms with Crippen molar-refractivity contribution in [2.75, 3.05) is 13.1 Å². The molecule has 0 aromatic heterocycles. The minimum absolute atomic E-state index is 0.0801. The molecule has 2 N–H and O–H groups in total. The fourth-order valence-electron chi connectivity index (χ4n) is 1.73. The monoisotopic (exact) mass is 211 g/mol. The van der Waals surface area contributed by atoms with E-state index in [0.29, 0.717) is 0 Å². The van der Waals surface area contributed by atoms with E-state index in [1.807, 2.05) is 0 Å². The maximum absolute atomic E-state index is 13.3. The fourth-order valence-corrected chi connectivity index (χ4v) is 1.73. The Bertz CT molecular complexity index is 401. The maximum atomic E-state index is 13.3. The van der Waals surface area contributed by atoms with Gasteiger partial charge in [0.05, 0.1) is 13.1 Å². The molecule has 1 aromatic carbocycles. The minimum Gasteiger partial charge on any atom is -0.465 e. The molecule has 0 unspecified atom stereocenters. The summed E-state index contributed by atoms with van der Waals surface area (Å²) in [5.41, 5.74) is -1.22. The molecule has 0 saturated carbocycles. The number of nitrogens with zero attached hydrogens (tertiary/aromatic N) is 1. The molecule has 1 aromatic rings. The second kappa shape index (κ2) is 3.20. The van der Waals surface area contributed by atoms with E-state index >= 15 is 0 Å². The Balaban J connectivity index is 2.20. The lowest BCUT2D eigenvalue weighted by Gasteiger charge is -2.45. The molecule has 2 rings (SSSR count). The largest absolute Gasteiger partial charge is 0.465 e. The van der Waals surface area contributed by atoms with Gasteiger partial charge in [-0.2, -0.15) is 0 Å². The topological polar surface area (TPSA) is 60.8 Å². The van der Waals surface area contributed by atoms with Crippen LogP contribution in [0, 0.1) is 5.82 Å². The van der Waals surface area contributed by atoms with Gasteiger partial charge in [0.1, 0.15) is 11.4 Å². The van der Waals surface area contributed by atoms with Gasteiger partial charge in [0, 0.05) is 5.56 Å². The van der Waals surface area contributed by atoms with E-state index in [1.165, 1.54) is 18.2 Å². The van der Waals surface area contributed by atoms with Crippen LogP contribution in [0.3, 0.4) is 0 Å². The van der Waals surface area contributed by atoms with Gasteiger partial charge in [0.25, 0.3) is 0 Å². The second-order valence-corrected chi connectivity index (χ2v) is 3.65. The van der Waals surface area contributed by atoms with Crippen LogP contribution >= 0.6 is 0 Å². The van der Waals surface area contributed by atoms with Crippen molar-refractivity contribution in [1.82, 2.24) is 4.90 Å². The first kappa shape index (κ1) is 9.92. The van der Waals surface area contributed by atoms with Gasteiger partial charge >= 0.3 is 6.09 Å². The molecular formula is C10H10FNO3. The van der Waals surface area contributed by atoms with Crippen LogP contribution in [0.5, 0.6) is 0 Å². The minimum atomic E-state index is -1.37. The molecule has 1 fully saturated rings. The van der Waals surface area contributed by atoms with Crippen molar-refractivity contribution in [1.29, 1.82) is 0 Å². The summed E-state index contributed by atoms with van der Waals surface area (Å²) in [6, 6.07) is 5.85. The lowest BCUT2D eigenvalue weighted by atomic mass is 9.86. The van der Waals surface area contributed by atoms with Gasteiger partial charge in [-0.1, -0.05) is 18.2 Å². The summed E-state index contributed by atoms with van der Waals surface area (Å²) in [6.45, 7) is -0.160. The average molecular weight is 211 g/mol. The molecule has 0 bridgehead atoms. The summed E-state index contributed by atoms with van der Waals surface area (Å²) in [6.07, 6.45) is -1.10. The number of amides is 1. The summed E-state index contributed by atoms with van der Waals surface area (Å²) >= 11 is 0. The first-order valence-electron chi connectivity index (χ1n) is 4.48. The smallest absolute Gasteiger partial charge is 0.407 e. The zero-order chi connectivity index (χ0) is 11.1. The standard InChI is InChI=1S/C10H10FNO3/c11-8-4-2-1-3-7(8)10(15)5-12(6-10)9(13)14/h1-4,15H,5-6H2,(H,13,14). The van der Waals surface area contributed by atoms with Crippen LogP contribution in [0.25, 0.3) is 0 Å². The van der Waals surface area contributed by atoms with Crippen molar-refractivity contribution in [3.63, 3.8) is 0 Å². The number of aliphatic hydroxyl groups is 1. The van der Waals surface area contributed by atoms with Crippen LogP contribution in [0.4, 0.5) is 9.18 Å². The predicted molar refractivity (Wildman–Crippen MR) is 49.9 cm³/mol. The Morgan fingerprint density at radius 1 is 1.40 bits per heavy atom. The molecule has 0 aliphatic carbocycles. The highest BCUT2D eigenvalue weighted by molar-refractivity contribution is 5.67. The van der Waals surface area contributed by atoms with Crippen molar-refractivity contribution in [2.45, 2.75) is 5.60 Å². The van der Waals surface area contributed by atoms with E-state index in [2.05, 4.69) is 0 Å². The molecule has 1 aliphatic heterocycles. The SMILES string of the molecule is O=C(O)N1CC(O)(c2ccccc2F)C1. The summed E-state index contributed by atoms with van der Waals surface area (Å²) in [5, 5.41) is 18.5. The Morgan fingerprint density at radius 3 is 2.53 bits per heavy atom. The van der Waals surface area contributed by atoms with Crippen LogP contribution < -0.4 is 0 Å². The quantitative estimate of drug-likeness (QED) is 0.728. The number of carboxylic acid groups (broad SMARTS) is 1. The number of likely N-dealkylation sites (tertiary alicyclic amines) is 1. The molecular weight excluding hydrogens is 201 g/mol. The highest BCUT2D eigenvalue weighted by Gasteiger charge is 2.46. The number of β-amino-alcohol motifs (C(OH)–C–C–N with tert-alkyl or cyclic N) is 1. The van der Waals surface area contributed by atoms with E-state index in [4.69, 9.17) is 5.11 Å².